The molecule has 0 saturated heterocycles. The molecule has 0 bridgehead atoms. The van der Waals surface area contributed by atoms with Gasteiger partial charge in [0.2, 0.25) is 0 Å². The first-order valence-corrected chi connectivity index (χ1v) is 9.61. The highest BCUT2D eigenvalue weighted by Gasteiger charge is 2.25. The molecule has 0 saturated carbocycles. The molecule has 2 unspecified atom stereocenters. The van der Waals surface area contributed by atoms with E-state index in [-0.39, 0.29) is 13.2 Å². The molecule has 2 N–H and O–H groups in total. The maximum atomic E-state index is 9.73. The number of ether oxygens (including phenoxy) is 2. The van der Waals surface area contributed by atoms with Gasteiger partial charge in [0.25, 0.3) is 0 Å². The van der Waals surface area contributed by atoms with Crippen molar-refractivity contribution in [2.75, 3.05) is 13.2 Å². The summed E-state index contributed by atoms with van der Waals surface area (Å²) in [6.07, 6.45) is 7.78. The first kappa shape index (κ1) is 24.3. The second-order valence-corrected chi connectivity index (χ2v) is 7.75. The van der Waals surface area contributed by atoms with Gasteiger partial charge in [-0.3, -0.25) is 0 Å². The van der Waals surface area contributed by atoms with Crippen LogP contribution in [0.3, 0.4) is 0 Å². The second kappa shape index (κ2) is 13.5. The van der Waals surface area contributed by atoms with E-state index in [0.717, 1.165) is 38.5 Å². The summed E-state index contributed by atoms with van der Waals surface area (Å²) >= 11 is 0. The van der Waals surface area contributed by atoms with Crippen LogP contribution in [-0.2, 0) is 9.47 Å². The number of hydrogen-bond donors (Lipinski definition) is 2. The van der Waals surface area contributed by atoms with E-state index in [1.807, 2.05) is 0 Å². The lowest BCUT2D eigenvalue weighted by Gasteiger charge is -2.23. The fourth-order valence-electron chi connectivity index (χ4n) is 2.43. The third-order valence-electron chi connectivity index (χ3n) is 4.23. The molecule has 0 heterocycles. The van der Waals surface area contributed by atoms with Crippen molar-refractivity contribution in [2.24, 2.45) is 11.8 Å². The summed E-state index contributed by atoms with van der Waals surface area (Å²) < 4.78 is 10.2. The van der Waals surface area contributed by atoms with Crippen molar-refractivity contribution in [2.45, 2.75) is 86.2 Å². The Bertz CT molecular complexity index is 355. The van der Waals surface area contributed by atoms with E-state index in [0.29, 0.717) is 11.8 Å². The van der Waals surface area contributed by atoms with Gasteiger partial charge in [0, 0.05) is 0 Å². The number of allylic oxidation sites excluding steroid dienone is 4. The van der Waals surface area contributed by atoms with Gasteiger partial charge in [-0.1, -0.05) is 37.1 Å². The van der Waals surface area contributed by atoms with Crippen molar-refractivity contribution in [1.82, 2.24) is 0 Å². The second-order valence-electron chi connectivity index (χ2n) is 7.75. The molecule has 2 atom stereocenters. The zero-order valence-electron chi connectivity index (χ0n) is 17.2. The van der Waals surface area contributed by atoms with Gasteiger partial charge in [-0.15, -0.1) is 0 Å². The zero-order chi connectivity index (χ0) is 19.3. The molecule has 25 heavy (non-hydrogen) atoms. The minimum Gasteiger partial charge on any atom is -0.319 e. The van der Waals surface area contributed by atoms with E-state index in [4.69, 9.17) is 9.47 Å². The monoisotopic (exact) mass is 356 g/mol. The number of rotatable bonds is 14. The van der Waals surface area contributed by atoms with Crippen LogP contribution in [0.1, 0.15) is 80.1 Å². The van der Waals surface area contributed by atoms with E-state index in [2.05, 4.69) is 53.7 Å². The average Bonchev–Trinajstić information content (AvgIpc) is 2.45. The molecule has 0 fully saturated rings. The molecule has 0 amide bonds. The van der Waals surface area contributed by atoms with Crippen LogP contribution in [0, 0.1) is 11.8 Å². The highest BCUT2D eigenvalue weighted by Crippen LogP contribution is 2.16. The minimum absolute atomic E-state index is 0.277. The molecule has 0 aliphatic carbocycles. The molecule has 4 heteroatoms. The highest BCUT2D eigenvalue weighted by molar-refractivity contribution is 4.93. The van der Waals surface area contributed by atoms with Crippen LogP contribution in [-0.4, -0.2) is 29.6 Å². The average molecular weight is 357 g/mol. The van der Waals surface area contributed by atoms with Gasteiger partial charge in [0.05, 0.1) is 13.2 Å². The molecule has 0 aliphatic heterocycles. The Morgan fingerprint density at radius 3 is 1.44 bits per heavy atom. The van der Waals surface area contributed by atoms with Gasteiger partial charge in [-0.05, 0) is 78.1 Å². The van der Waals surface area contributed by atoms with Crippen molar-refractivity contribution < 1.29 is 19.7 Å². The Kier molecular flexibility index (Phi) is 13.1. The molecule has 0 rings (SSSR count). The van der Waals surface area contributed by atoms with Crippen LogP contribution in [0.4, 0.5) is 0 Å². The van der Waals surface area contributed by atoms with Gasteiger partial charge in [0.15, 0.2) is 0 Å². The molecule has 0 aromatic heterocycles. The Balaban J connectivity index is 3.82. The first-order valence-electron chi connectivity index (χ1n) is 9.61. The third kappa shape index (κ3) is 16.5. The zero-order valence-corrected chi connectivity index (χ0v) is 17.2. The van der Waals surface area contributed by atoms with Crippen LogP contribution in [0.15, 0.2) is 23.3 Å². The van der Waals surface area contributed by atoms with Crippen LogP contribution >= 0.6 is 0 Å². The molecule has 0 radical (unpaired) electrons. The molecule has 148 valence electrons. The summed E-state index contributed by atoms with van der Waals surface area (Å²) in [6.45, 7) is 13.2. The van der Waals surface area contributed by atoms with E-state index in [1.165, 1.54) is 11.1 Å². The van der Waals surface area contributed by atoms with E-state index < -0.39 is 6.16 Å². The van der Waals surface area contributed by atoms with Crippen LogP contribution < -0.4 is 0 Å². The van der Waals surface area contributed by atoms with Gasteiger partial charge in [-0.25, -0.2) is 0 Å². The molecule has 0 aliphatic rings. The lowest BCUT2D eigenvalue weighted by Crippen LogP contribution is -2.36. The molecule has 4 nitrogen and oxygen atoms in total. The lowest BCUT2D eigenvalue weighted by molar-refractivity contribution is -0.471. The van der Waals surface area contributed by atoms with Crippen molar-refractivity contribution in [3.63, 3.8) is 0 Å². The van der Waals surface area contributed by atoms with Gasteiger partial charge in [0.1, 0.15) is 0 Å². The first-order chi connectivity index (χ1) is 11.6. The van der Waals surface area contributed by atoms with Gasteiger partial charge < -0.3 is 19.7 Å². The molecule has 0 spiro atoms. The summed E-state index contributed by atoms with van der Waals surface area (Å²) in [5.74, 6) is 0.947. The number of aliphatic hydroxyl groups is 2. The fourth-order valence-corrected chi connectivity index (χ4v) is 2.43. The standard InChI is InChI=1S/C21H40O4/c1-17(2)9-7-11-19(5)13-15-24-21(22,23)25-16-14-20(6)12-8-10-18(3)4/h9-10,19-20,22-23H,7-8,11-16H2,1-6H3. The minimum atomic E-state index is -2.47. The lowest BCUT2D eigenvalue weighted by atomic mass is 10.0. The van der Waals surface area contributed by atoms with Crippen molar-refractivity contribution in [1.29, 1.82) is 0 Å². The van der Waals surface area contributed by atoms with Gasteiger partial charge >= 0.3 is 6.16 Å². The normalized spacial score (nSPS) is 14.1. The predicted octanol–water partition coefficient (Wildman–Crippen LogP) is 5.16. The Hall–Kier alpha value is -0.680. The van der Waals surface area contributed by atoms with Crippen LogP contribution in [0.2, 0.25) is 0 Å². The Labute approximate surface area is 154 Å². The van der Waals surface area contributed by atoms with Crippen LogP contribution in [0.5, 0.6) is 0 Å². The fraction of sp³-hybridized carbons (Fsp3) is 0.810. The summed E-state index contributed by atoms with van der Waals surface area (Å²) in [4.78, 5) is 0. The SMILES string of the molecule is CC(C)=CCCC(C)CCOC(O)(O)OCCC(C)CCC=C(C)C. The van der Waals surface area contributed by atoms with E-state index in [9.17, 15) is 10.2 Å². The van der Waals surface area contributed by atoms with E-state index >= 15 is 0 Å². The maximum Gasteiger partial charge on any atom is 0.407 e. The van der Waals surface area contributed by atoms with Gasteiger partial charge in [-0.2, -0.15) is 0 Å². The maximum absolute atomic E-state index is 9.73. The predicted molar refractivity (Wildman–Crippen MR) is 104 cm³/mol. The molecular weight excluding hydrogens is 316 g/mol. The van der Waals surface area contributed by atoms with Crippen molar-refractivity contribution in [3.8, 4) is 0 Å². The molecule has 0 aromatic carbocycles. The Morgan fingerprint density at radius 1 is 0.760 bits per heavy atom. The quantitative estimate of drug-likeness (QED) is 0.333. The van der Waals surface area contributed by atoms with E-state index in [1.54, 1.807) is 0 Å². The topological polar surface area (TPSA) is 58.9 Å². The Morgan fingerprint density at radius 2 is 1.12 bits per heavy atom. The van der Waals surface area contributed by atoms with Crippen molar-refractivity contribution in [3.05, 3.63) is 23.3 Å². The largest absolute Gasteiger partial charge is 0.407 e. The highest BCUT2D eigenvalue weighted by atomic mass is 16.9. The smallest absolute Gasteiger partial charge is 0.319 e. The molecule has 0 aromatic rings. The van der Waals surface area contributed by atoms with Crippen LogP contribution in [0.25, 0.3) is 0 Å². The van der Waals surface area contributed by atoms with Crippen molar-refractivity contribution >= 4 is 0 Å². The summed E-state index contributed by atoms with van der Waals surface area (Å²) in [5.41, 5.74) is 2.66. The summed E-state index contributed by atoms with van der Waals surface area (Å²) in [7, 11) is 0. The number of hydrogen-bond acceptors (Lipinski definition) is 4. The summed E-state index contributed by atoms with van der Waals surface area (Å²) in [5, 5.41) is 19.5. The third-order valence-corrected chi connectivity index (χ3v) is 4.23. The summed E-state index contributed by atoms with van der Waals surface area (Å²) in [6, 6.07) is 0. The molecular formula is C21H40O4.